The molecule has 0 radical (unpaired) electrons. The van der Waals surface area contributed by atoms with Crippen molar-refractivity contribution in [2.75, 3.05) is 7.11 Å². The number of benzene rings is 1. The standard InChI is InChI=1S/C17H17BrN2O3S/c1-11(24-16-14(18)4-3-9-19-16)15(21)20-10-12-5-7-13(8-6-12)17(22)23-2/h3-9,11H,10H2,1-2H3,(H,20,21). The van der Waals surface area contributed by atoms with E-state index in [2.05, 4.69) is 31.0 Å². The molecular formula is C17H17BrN2O3S. The minimum atomic E-state index is -0.378. The number of methoxy groups -OCH3 is 1. The summed E-state index contributed by atoms with van der Waals surface area (Å²) in [5, 5.41) is 3.39. The van der Waals surface area contributed by atoms with Crippen LogP contribution in [0.2, 0.25) is 0 Å². The van der Waals surface area contributed by atoms with Crippen LogP contribution in [-0.2, 0) is 16.1 Å². The van der Waals surface area contributed by atoms with Crippen LogP contribution in [0.5, 0.6) is 0 Å². The van der Waals surface area contributed by atoms with E-state index in [1.807, 2.05) is 19.1 Å². The Morgan fingerprint density at radius 3 is 2.62 bits per heavy atom. The van der Waals surface area contributed by atoms with Crippen molar-refractivity contribution >= 4 is 39.6 Å². The molecule has 0 aliphatic carbocycles. The van der Waals surface area contributed by atoms with Crippen LogP contribution in [0, 0.1) is 0 Å². The number of hydrogen-bond donors (Lipinski definition) is 1. The first-order chi connectivity index (χ1) is 11.5. The van der Waals surface area contributed by atoms with Crippen molar-refractivity contribution in [1.82, 2.24) is 10.3 Å². The van der Waals surface area contributed by atoms with Gasteiger partial charge in [-0.3, -0.25) is 4.79 Å². The van der Waals surface area contributed by atoms with Crippen LogP contribution in [0.1, 0.15) is 22.8 Å². The van der Waals surface area contributed by atoms with Crippen LogP contribution in [-0.4, -0.2) is 29.2 Å². The van der Waals surface area contributed by atoms with Crippen molar-refractivity contribution in [3.05, 3.63) is 58.2 Å². The van der Waals surface area contributed by atoms with E-state index in [1.54, 1.807) is 30.5 Å². The zero-order chi connectivity index (χ0) is 17.5. The largest absolute Gasteiger partial charge is 0.465 e. The third-order valence-corrected chi connectivity index (χ3v) is 5.24. The lowest BCUT2D eigenvalue weighted by Gasteiger charge is -2.12. The fourth-order valence-electron chi connectivity index (χ4n) is 1.89. The van der Waals surface area contributed by atoms with E-state index in [0.717, 1.165) is 15.1 Å². The summed E-state index contributed by atoms with van der Waals surface area (Å²) < 4.78 is 5.52. The Morgan fingerprint density at radius 1 is 1.29 bits per heavy atom. The number of carbonyl (C=O) groups excluding carboxylic acids is 2. The highest BCUT2D eigenvalue weighted by Crippen LogP contribution is 2.28. The van der Waals surface area contributed by atoms with Gasteiger partial charge < -0.3 is 10.1 Å². The van der Waals surface area contributed by atoms with E-state index in [0.29, 0.717) is 12.1 Å². The van der Waals surface area contributed by atoms with Crippen molar-refractivity contribution in [2.45, 2.75) is 23.7 Å². The summed E-state index contributed by atoms with van der Waals surface area (Å²) in [4.78, 5) is 27.8. The smallest absolute Gasteiger partial charge is 0.337 e. The fourth-order valence-corrected chi connectivity index (χ4v) is 3.25. The van der Waals surface area contributed by atoms with E-state index in [4.69, 9.17) is 0 Å². The Kier molecular flexibility index (Phi) is 6.81. The molecule has 1 N–H and O–H groups in total. The van der Waals surface area contributed by atoms with Crippen molar-refractivity contribution in [1.29, 1.82) is 0 Å². The molecule has 0 saturated heterocycles. The molecule has 7 heteroatoms. The highest BCUT2D eigenvalue weighted by atomic mass is 79.9. The Morgan fingerprint density at radius 2 is 2.00 bits per heavy atom. The highest BCUT2D eigenvalue weighted by molar-refractivity contribution is 9.10. The van der Waals surface area contributed by atoms with Gasteiger partial charge in [-0.15, -0.1) is 0 Å². The van der Waals surface area contributed by atoms with Gasteiger partial charge >= 0.3 is 5.97 Å². The number of nitrogens with one attached hydrogen (secondary N) is 1. The molecule has 0 fully saturated rings. The maximum absolute atomic E-state index is 12.2. The lowest BCUT2D eigenvalue weighted by molar-refractivity contribution is -0.120. The number of ether oxygens (including phenoxy) is 1. The number of carbonyl (C=O) groups is 2. The van der Waals surface area contributed by atoms with Crippen LogP contribution in [0.3, 0.4) is 0 Å². The lowest BCUT2D eigenvalue weighted by atomic mass is 10.1. The Labute approximate surface area is 153 Å². The van der Waals surface area contributed by atoms with Gasteiger partial charge in [-0.05, 0) is 52.7 Å². The maximum Gasteiger partial charge on any atom is 0.337 e. The van der Waals surface area contributed by atoms with Gasteiger partial charge in [0.15, 0.2) is 0 Å². The normalized spacial score (nSPS) is 11.6. The molecule has 0 saturated carbocycles. The fraction of sp³-hybridized carbons (Fsp3) is 0.235. The molecule has 0 aliphatic heterocycles. The number of esters is 1. The van der Waals surface area contributed by atoms with Crippen molar-refractivity contribution in [3.8, 4) is 0 Å². The Bertz CT molecular complexity index is 722. The number of amides is 1. The van der Waals surface area contributed by atoms with E-state index in [9.17, 15) is 9.59 Å². The summed E-state index contributed by atoms with van der Waals surface area (Å²) >= 11 is 4.81. The average molecular weight is 409 g/mol. The summed E-state index contributed by atoms with van der Waals surface area (Å²) in [6, 6.07) is 10.7. The molecular weight excluding hydrogens is 392 g/mol. The minimum Gasteiger partial charge on any atom is -0.465 e. The molecule has 2 rings (SSSR count). The van der Waals surface area contributed by atoms with Crippen molar-refractivity contribution in [2.24, 2.45) is 0 Å². The second kappa shape index (κ2) is 8.84. The van der Waals surface area contributed by atoms with Gasteiger partial charge in [0, 0.05) is 17.2 Å². The predicted molar refractivity (Wildman–Crippen MR) is 96.9 cm³/mol. The van der Waals surface area contributed by atoms with Crippen LogP contribution in [0.25, 0.3) is 0 Å². The van der Waals surface area contributed by atoms with Crippen LogP contribution < -0.4 is 5.32 Å². The van der Waals surface area contributed by atoms with Crippen LogP contribution in [0.15, 0.2) is 52.1 Å². The number of thioether (sulfide) groups is 1. The number of rotatable bonds is 6. The molecule has 2 aromatic rings. The Hall–Kier alpha value is -1.86. The van der Waals surface area contributed by atoms with Gasteiger partial charge in [-0.25, -0.2) is 9.78 Å². The zero-order valence-corrected chi connectivity index (χ0v) is 15.7. The highest BCUT2D eigenvalue weighted by Gasteiger charge is 2.16. The third kappa shape index (κ3) is 5.07. The average Bonchev–Trinajstić information content (AvgIpc) is 2.61. The van der Waals surface area contributed by atoms with Crippen molar-refractivity contribution in [3.63, 3.8) is 0 Å². The summed E-state index contributed by atoms with van der Waals surface area (Å²) in [7, 11) is 1.34. The summed E-state index contributed by atoms with van der Waals surface area (Å²) in [5.74, 6) is -0.453. The number of halogens is 1. The van der Waals surface area contributed by atoms with Gasteiger partial charge in [-0.2, -0.15) is 0 Å². The molecule has 0 aliphatic rings. The van der Waals surface area contributed by atoms with Crippen LogP contribution >= 0.6 is 27.7 Å². The second-order valence-electron chi connectivity index (χ2n) is 4.96. The SMILES string of the molecule is COC(=O)c1ccc(CNC(=O)C(C)Sc2ncccc2Br)cc1. The van der Waals surface area contributed by atoms with Crippen molar-refractivity contribution < 1.29 is 14.3 Å². The predicted octanol–water partition coefficient (Wildman–Crippen LogP) is 3.43. The number of hydrogen-bond acceptors (Lipinski definition) is 5. The van der Waals surface area contributed by atoms with E-state index >= 15 is 0 Å². The minimum absolute atomic E-state index is 0.0744. The van der Waals surface area contributed by atoms with Gasteiger partial charge in [0.05, 0.1) is 17.9 Å². The first-order valence-electron chi connectivity index (χ1n) is 7.23. The molecule has 1 unspecified atom stereocenters. The quantitative estimate of drug-likeness (QED) is 0.585. The first-order valence-corrected chi connectivity index (χ1v) is 8.90. The monoisotopic (exact) mass is 408 g/mol. The molecule has 1 aromatic heterocycles. The summed E-state index contributed by atoms with van der Waals surface area (Å²) in [6.07, 6.45) is 1.70. The molecule has 0 spiro atoms. The topological polar surface area (TPSA) is 68.3 Å². The maximum atomic E-state index is 12.2. The Balaban J connectivity index is 1.88. The number of nitrogens with zero attached hydrogens (tertiary/aromatic N) is 1. The van der Waals surface area contributed by atoms with E-state index < -0.39 is 0 Å². The van der Waals surface area contributed by atoms with E-state index in [1.165, 1.54) is 18.9 Å². The van der Waals surface area contributed by atoms with Crippen LogP contribution in [0.4, 0.5) is 0 Å². The first kappa shape index (κ1) is 18.5. The van der Waals surface area contributed by atoms with E-state index in [-0.39, 0.29) is 17.1 Å². The molecule has 0 bridgehead atoms. The second-order valence-corrected chi connectivity index (χ2v) is 7.14. The van der Waals surface area contributed by atoms with Gasteiger partial charge in [0.25, 0.3) is 0 Å². The van der Waals surface area contributed by atoms with Gasteiger partial charge in [0.1, 0.15) is 5.03 Å². The molecule has 5 nitrogen and oxygen atoms in total. The lowest BCUT2D eigenvalue weighted by Crippen LogP contribution is -2.30. The van der Waals surface area contributed by atoms with Gasteiger partial charge in [-0.1, -0.05) is 23.9 Å². The third-order valence-electron chi connectivity index (χ3n) is 3.22. The molecule has 24 heavy (non-hydrogen) atoms. The summed E-state index contributed by atoms with van der Waals surface area (Å²) in [5.41, 5.74) is 1.39. The number of pyridine rings is 1. The molecule has 126 valence electrons. The summed E-state index contributed by atoms with van der Waals surface area (Å²) in [6.45, 7) is 2.23. The van der Waals surface area contributed by atoms with Gasteiger partial charge in [0.2, 0.25) is 5.91 Å². The molecule has 1 heterocycles. The zero-order valence-electron chi connectivity index (χ0n) is 13.3. The molecule has 1 atom stereocenters. The molecule has 1 amide bonds. The molecule has 1 aromatic carbocycles. The number of aromatic nitrogens is 1.